The van der Waals surface area contributed by atoms with E-state index in [9.17, 15) is 9.90 Å². The second-order valence-corrected chi connectivity index (χ2v) is 5.50. The minimum atomic E-state index is -0.399. The van der Waals surface area contributed by atoms with Gasteiger partial charge in [-0.05, 0) is 36.8 Å². The summed E-state index contributed by atoms with van der Waals surface area (Å²) in [4.78, 5) is 12.1. The lowest BCUT2D eigenvalue weighted by Gasteiger charge is -2.14. The topological polar surface area (TPSA) is 58.6 Å². The summed E-state index contributed by atoms with van der Waals surface area (Å²) < 4.78 is 5.64. The zero-order valence-electron chi connectivity index (χ0n) is 10.8. The van der Waals surface area contributed by atoms with Crippen LogP contribution in [0, 0.1) is 5.92 Å². The van der Waals surface area contributed by atoms with Gasteiger partial charge in [-0.3, -0.25) is 4.79 Å². The summed E-state index contributed by atoms with van der Waals surface area (Å²) in [5, 5.41) is 12.4. The Bertz CT molecular complexity index is 449. The van der Waals surface area contributed by atoms with Gasteiger partial charge in [0.15, 0.2) is 6.10 Å². The average molecular weight is 261 g/mol. The van der Waals surface area contributed by atoms with Gasteiger partial charge in [0.2, 0.25) is 0 Å². The lowest BCUT2D eigenvalue weighted by Crippen LogP contribution is -2.39. The fourth-order valence-electron chi connectivity index (χ4n) is 2.92. The number of hydrogen-bond acceptors (Lipinski definition) is 3. The Balaban J connectivity index is 1.50. The third-order valence-electron chi connectivity index (χ3n) is 4.02. The van der Waals surface area contributed by atoms with E-state index in [-0.39, 0.29) is 12.0 Å². The maximum absolute atomic E-state index is 12.1. The molecule has 2 aliphatic rings. The molecule has 102 valence electrons. The molecule has 0 bridgehead atoms. The third kappa shape index (κ3) is 2.73. The molecule has 0 aromatic heterocycles. The van der Waals surface area contributed by atoms with Gasteiger partial charge in [0.05, 0.1) is 6.10 Å². The van der Waals surface area contributed by atoms with Crippen molar-refractivity contribution in [2.75, 3.05) is 6.54 Å². The molecule has 1 heterocycles. The molecule has 1 amide bonds. The molecule has 1 aromatic rings. The lowest BCUT2D eigenvalue weighted by atomic mass is 10.1. The van der Waals surface area contributed by atoms with E-state index in [0.29, 0.717) is 18.9 Å². The average Bonchev–Trinajstić information content (AvgIpc) is 3.01. The normalized spacial score (nSPS) is 28.8. The van der Waals surface area contributed by atoms with E-state index in [1.807, 2.05) is 24.3 Å². The van der Waals surface area contributed by atoms with E-state index in [1.54, 1.807) is 0 Å². The van der Waals surface area contributed by atoms with Crippen LogP contribution in [0.25, 0.3) is 0 Å². The van der Waals surface area contributed by atoms with Crippen LogP contribution < -0.4 is 10.1 Å². The predicted octanol–water partition coefficient (Wildman–Crippen LogP) is 1.27. The fraction of sp³-hybridized carbons (Fsp3) is 0.533. The highest BCUT2D eigenvalue weighted by Gasteiger charge is 2.30. The molecule has 1 aromatic carbocycles. The molecular formula is C15H19NO3. The molecule has 1 aliphatic carbocycles. The van der Waals surface area contributed by atoms with Crippen molar-refractivity contribution in [1.82, 2.24) is 5.32 Å². The van der Waals surface area contributed by atoms with Gasteiger partial charge in [-0.2, -0.15) is 0 Å². The molecule has 1 saturated carbocycles. The van der Waals surface area contributed by atoms with Crippen LogP contribution in [0.3, 0.4) is 0 Å². The first kappa shape index (κ1) is 12.5. The SMILES string of the molecule is O=C(NCC1CCC(O)C1)C1Cc2ccccc2O1. The van der Waals surface area contributed by atoms with E-state index >= 15 is 0 Å². The van der Waals surface area contributed by atoms with Crippen LogP contribution in [0.4, 0.5) is 0 Å². The number of fused-ring (bicyclic) bond motifs is 1. The number of nitrogens with one attached hydrogen (secondary N) is 1. The summed E-state index contributed by atoms with van der Waals surface area (Å²) in [7, 11) is 0. The van der Waals surface area contributed by atoms with E-state index in [1.165, 1.54) is 0 Å². The fourth-order valence-corrected chi connectivity index (χ4v) is 2.92. The van der Waals surface area contributed by atoms with Crippen molar-refractivity contribution in [3.05, 3.63) is 29.8 Å². The Morgan fingerprint density at radius 2 is 2.21 bits per heavy atom. The van der Waals surface area contributed by atoms with Gasteiger partial charge >= 0.3 is 0 Å². The number of amides is 1. The first-order chi connectivity index (χ1) is 9.22. The molecule has 3 rings (SSSR count). The second kappa shape index (κ2) is 5.21. The number of benzene rings is 1. The summed E-state index contributed by atoms with van der Waals surface area (Å²) in [6.45, 7) is 0.645. The van der Waals surface area contributed by atoms with Crippen molar-refractivity contribution in [3.63, 3.8) is 0 Å². The van der Waals surface area contributed by atoms with Gasteiger partial charge in [-0.1, -0.05) is 18.2 Å². The van der Waals surface area contributed by atoms with Gasteiger partial charge in [0, 0.05) is 13.0 Å². The molecule has 0 radical (unpaired) electrons. The highest BCUT2D eigenvalue weighted by Crippen LogP contribution is 2.28. The highest BCUT2D eigenvalue weighted by molar-refractivity contribution is 5.82. The molecule has 19 heavy (non-hydrogen) atoms. The van der Waals surface area contributed by atoms with Crippen molar-refractivity contribution in [1.29, 1.82) is 0 Å². The number of rotatable bonds is 3. The smallest absolute Gasteiger partial charge is 0.261 e. The van der Waals surface area contributed by atoms with E-state index in [4.69, 9.17) is 4.74 Å². The van der Waals surface area contributed by atoms with Gasteiger partial charge in [0.1, 0.15) is 5.75 Å². The first-order valence-corrected chi connectivity index (χ1v) is 6.92. The predicted molar refractivity (Wildman–Crippen MR) is 70.9 cm³/mol. The maximum atomic E-state index is 12.1. The van der Waals surface area contributed by atoms with Crippen molar-refractivity contribution in [2.45, 2.75) is 37.9 Å². The molecule has 0 spiro atoms. The molecule has 2 N–H and O–H groups in total. The summed E-state index contributed by atoms with van der Waals surface area (Å²) in [6, 6.07) is 7.77. The zero-order valence-corrected chi connectivity index (χ0v) is 10.8. The first-order valence-electron chi connectivity index (χ1n) is 6.92. The number of aliphatic hydroxyl groups is 1. The molecular weight excluding hydrogens is 242 g/mol. The molecule has 4 heteroatoms. The molecule has 4 nitrogen and oxygen atoms in total. The van der Waals surface area contributed by atoms with E-state index in [0.717, 1.165) is 30.6 Å². The Kier molecular flexibility index (Phi) is 3.42. The van der Waals surface area contributed by atoms with Crippen LogP contribution in [0.5, 0.6) is 5.75 Å². The minimum Gasteiger partial charge on any atom is -0.480 e. The number of hydrogen-bond donors (Lipinski definition) is 2. The van der Waals surface area contributed by atoms with Crippen LogP contribution in [-0.2, 0) is 11.2 Å². The third-order valence-corrected chi connectivity index (χ3v) is 4.02. The Hall–Kier alpha value is -1.55. The monoisotopic (exact) mass is 261 g/mol. The lowest BCUT2D eigenvalue weighted by molar-refractivity contribution is -0.127. The number of ether oxygens (including phenoxy) is 1. The van der Waals surface area contributed by atoms with Crippen LogP contribution in [-0.4, -0.2) is 29.8 Å². The van der Waals surface area contributed by atoms with Gasteiger partial charge in [0.25, 0.3) is 5.91 Å². The largest absolute Gasteiger partial charge is 0.480 e. The zero-order chi connectivity index (χ0) is 13.2. The summed E-state index contributed by atoms with van der Waals surface area (Å²) in [5.74, 6) is 1.18. The van der Waals surface area contributed by atoms with Crippen molar-refractivity contribution in [2.24, 2.45) is 5.92 Å². The van der Waals surface area contributed by atoms with Crippen molar-refractivity contribution < 1.29 is 14.6 Å². The number of aliphatic hydroxyl groups excluding tert-OH is 1. The molecule has 3 atom stereocenters. The summed E-state index contributed by atoms with van der Waals surface area (Å²) in [6.07, 6.45) is 2.71. The Morgan fingerprint density at radius 1 is 1.37 bits per heavy atom. The maximum Gasteiger partial charge on any atom is 0.261 e. The number of para-hydroxylation sites is 1. The van der Waals surface area contributed by atoms with Crippen LogP contribution in [0.2, 0.25) is 0 Å². The molecule has 0 saturated heterocycles. The Labute approximate surface area is 112 Å². The highest BCUT2D eigenvalue weighted by atomic mass is 16.5. The minimum absolute atomic E-state index is 0.0439. The summed E-state index contributed by atoms with van der Waals surface area (Å²) in [5.41, 5.74) is 1.10. The molecule has 3 unspecified atom stereocenters. The molecule has 1 aliphatic heterocycles. The number of carbonyl (C=O) groups excluding carboxylic acids is 1. The quantitative estimate of drug-likeness (QED) is 0.861. The summed E-state index contributed by atoms with van der Waals surface area (Å²) >= 11 is 0. The van der Waals surface area contributed by atoms with Crippen LogP contribution in [0.15, 0.2) is 24.3 Å². The number of carbonyl (C=O) groups is 1. The van der Waals surface area contributed by atoms with Crippen molar-refractivity contribution >= 4 is 5.91 Å². The van der Waals surface area contributed by atoms with E-state index < -0.39 is 6.10 Å². The van der Waals surface area contributed by atoms with Gasteiger partial charge < -0.3 is 15.2 Å². The van der Waals surface area contributed by atoms with Crippen LogP contribution >= 0.6 is 0 Å². The van der Waals surface area contributed by atoms with Crippen LogP contribution in [0.1, 0.15) is 24.8 Å². The Morgan fingerprint density at radius 3 is 2.95 bits per heavy atom. The molecule has 1 fully saturated rings. The second-order valence-electron chi connectivity index (χ2n) is 5.50. The van der Waals surface area contributed by atoms with Gasteiger partial charge in [-0.25, -0.2) is 0 Å². The van der Waals surface area contributed by atoms with Crippen molar-refractivity contribution in [3.8, 4) is 5.75 Å². The van der Waals surface area contributed by atoms with E-state index in [2.05, 4.69) is 5.32 Å². The standard InChI is InChI=1S/C15H19NO3/c17-12-6-5-10(7-12)9-16-15(18)14-8-11-3-1-2-4-13(11)19-14/h1-4,10,12,14,17H,5-9H2,(H,16,18). The van der Waals surface area contributed by atoms with Gasteiger partial charge in [-0.15, -0.1) is 0 Å².